The standard InChI is InChI=1S/C24H25NO4/c1-4-28-20-12-10-18(11-13-20)23(26)25-22(16(2)3)24(27)29-21-14-9-17-7-5-6-8-19(17)15-21/h5-16,22H,4H2,1-3H3,(H,25,26)/t22-/m0/s1. The van der Waals surface area contributed by atoms with Crippen molar-refractivity contribution in [3.05, 3.63) is 72.3 Å². The van der Waals surface area contributed by atoms with E-state index in [1.807, 2.05) is 57.2 Å². The molecule has 3 aromatic carbocycles. The van der Waals surface area contributed by atoms with Crippen molar-refractivity contribution in [1.29, 1.82) is 0 Å². The topological polar surface area (TPSA) is 64.6 Å². The lowest BCUT2D eigenvalue weighted by atomic mass is 10.0. The second-order valence-electron chi connectivity index (χ2n) is 7.08. The molecule has 0 bridgehead atoms. The molecule has 0 aromatic heterocycles. The normalized spacial score (nSPS) is 11.9. The molecular weight excluding hydrogens is 366 g/mol. The quantitative estimate of drug-likeness (QED) is 0.472. The van der Waals surface area contributed by atoms with Crippen LogP contribution in [0, 0.1) is 5.92 Å². The lowest BCUT2D eigenvalue weighted by molar-refractivity contribution is -0.137. The van der Waals surface area contributed by atoms with Gasteiger partial charge in [-0.3, -0.25) is 4.79 Å². The first kappa shape index (κ1) is 20.4. The molecule has 0 aliphatic carbocycles. The van der Waals surface area contributed by atoms with Gasteiger partial charge in [0.2, 0.25) is 0 Å². The zero-order valence-corrected chi connectivity index (χ0v) is 16.8. The summed E-state index contributed by atoms with van der Waals surface area (Å²) in [5.74, 6) is 0.196. The van der Waals surface area contributed by atoms with Crippen molar-refractivity contribution in [3.8, 4) is 11.5 Å². The fourth-order valence-electron chi connectivity index (χ4n) is 3.00. The molecule has 0 spiro atoms. The van der Waals surface area contributed by atoms with E-state index in [1.54, 1.807) is 30.3 Å². The number of carbonyl (C=O) groups is 2. The van der Waals surface area contributed by atoms with E-state index in [9.17, 15) is 9.59 Å². The number of rotatable bonds is 7. The van der Waals surface area contributed by atoms with Crippen molar-refractivity contribution >= 4 is 22.6 Å². The highest BCUT2D eigenvalue weighted by molar-refractivity contribution is 5.97. The minimum Gasteiger partial charge on any atom is -0.494 e. The summed E-state index contributed by atoms with van der Waals surface area (Å²) in [6.07, 6.45) is 0. The van der Waals surface area contributed by atoms with Crippen LogP contribution in [0.15, 0.2) is 66.7 Å². The lowest BCUT2D eigenvalue weighted by Gasteiger charge is -2.21. The smallest absolute Gasteiger partial charge is 0.334 e. The van der Waals surface area contributed by atoms with Crippen LogP contribution in [0.5, 0.6) is 11.5 Å². The zero-order valence-electron chi connectivity index (χ0n) is 16.8. The van der Waals surface area contributed by atoms with Gasteiger partial charge in [-0.05, 0) is 60.0 Å². The van der Waals surface area contributed by atoms with Crippen molar-refractivity contribution in [3.63, 3.8) is 0 Å². The average molecular weight is 391 g/mol. The number of amides is 1. The first-order chi connectivity index (χ1) is 14.0. The van der Waals surface area contributed by atoms with Crippen molar-refractivity contribution < 1.29 is 19.1 Å². The number of hydrogen-bond donors (Lipinski definition) is 1. The van der Waals surface area contributed by atoms with Crippen LogP contribution in [0.4, 0.5) is 0 Å². The monoisotopic (exact) mass is 391 g/mol. The van der Waals surface area contributed by atoms with Crippen molar-refractivity contribution in [2.45, 2.75) is 26.8 Å². The highest BCUT2D eigenvalue weighted by Gasteiger charge is 2.26. The Kier molecular flexibility index (Phi) is 6.50. The zero-order chi connectivity index (χ0) is 20.8. The molecule has 0 heterocycles. The van der Waals surface area contributed by atoms with Crippen LogP contribution in [-0.2, 0) is 4.79 Å². The van der Waals surface area contributed by atoms with Gasteiger partial charge < -0.3 is 14.8 Å². The van der Waals surface area contributed by atoms with Crippen LogP contribution in [-0.4, -0.2) is 24.5 Å². The molecule has 0 radical (unpaired) electrons. The Morgan fingerprint density at radius 3 is 2.21 bits per heavy atom. The number of hydrogen-bond acceptors (Lipinski definition) is 4. The maximum atomic E-state index is 12.7. The number of ether oxygens (including phenoxy) is 2. The van der Waals surface area contributed by atoms with E-state index in [1.165, 1.54) is 0 Å². The van der Waals surface area contributed by atoms with Gasteiger partial charge in [-0.25, -0.2) is 4.79 Å². The van der Waals surface area contributed by atoms with Crippen LogP contribution in [0.2, 0.25) is 0 Å². The summed E-state index contributed by atoms with van der Waals surface area (Å²) in [6, 6.07) is 19.4. The van der Waals surface area contributed by atoms with Gasteiger partial charge in [0.05, 0.1) is 6.61 Å². The minimum absolute atomic E-state index is 0.130. The van der Waals surface area contributed by atoms with Gasteiger partial charge in [0.25, 0.3) is 5.91 Å². The second kappa shape index (κ2) is 9.24. The Hall–Kier alpha value is -3.34. The molecule has 0 fully saturated rings. The number of esters is 1. The molecule has 3 aromatic rings. The molecule has 0 unspecified atom stereocenters. The molecule has 5 heteroatoms. The molecule has 3 rings (SSSR count). The Morgan fingerprint density at radius 1 is 0.897 bits per heavy atom. The van der Waals surface area contributed by atoms with Gasteiger partial charge in [-0.1, -0.05) is 44.2 Å². The summed E-state index contributed by atoms with van der Waals surface area (Å²) >= 11 is 0. The number of fused-ring (bicyclic) bond motifs is 1. The van der Waals surface area contributed by atoms with Crippen LogP contribution in [0.3, 0.4) is 0 Å². The molecule has 29 heavy (non-hydrogen) atoms. The number of benzene rings is 3. The van der Waals surface area contributed by atoms with Crippen LogP contribution in [0.25, 0.3) is 10.8 Å². The van der Waals surface area contributed by atoms with Crippen LogP contribution < -0.4 is 14.8 Å². The molecule has 5 nitrogen and oxygen atoms in total. The van der Waals surface area contributed by atoms with E-state index in [0.717, 1.165) is 10.8 Å². The molecule has 0 aliphatic rings. The second-order valence-corrected chi connectivity index (χ2v) is 7.08. The van der Waals surface area contributed by atoms with Gasteiger partial charge >= 0.3 is 5.97 Å². The number of carbonyl (C=O) groups excluding carboxylic acids is 2. The third-order valence-electron chi connectivity index (χ3n) is 4.57. The molecule has 1 amide bonds. The van der Waals surface area contributed by atoms with Crippen LogP contribution in [0.1, 0.15) is 31.1 Å². The summed E-state index contributed by atoms with van der Waals surface area (Å²) in [5, 5.41) is 4.84. The van der Waals surface area contributed by atoms with E-state index in [4.69, 9.17) is 9.47 Å². The third kappa shape index (κ3) is 5.13. The molecular formula is C24H25NO4. The molecule has 0 saturated heterocycles. The van der Waals surface area contributed by atoms with Crippen molar-refractivity contribution in [1.82, 2.24) is 5.32 Å². The maximum absolute atomic E-state index is 12.7. The fourth-order valence-corrected chi connectivity index (χ4v) is 3.00. The Morgan fingerprint density at radius 2 is 1.55 bits per heavy atom. The highest BCUT2D eigenvalue weighted by Crippen LogP contribution is 2.21. The fraction of sp³-hybridized carbons (Fsp3) is 0.250. The predicted molar refractivity (Wildman–Crippen MR) is 113 cm³/mol. The summed E-state index contributed by atoms with van der Waals surface area (Å²) in [4.78, 5) is 25.3. The highest BCUT2D eigenvalue weighted by atomic mass is 16.5. The molecule has 1 N–H and O–H groups in total. The van der Waals surface area contributed by atoms with E-state index < -0.39 is 12.0 Å². The summed E-state index contributed by atoms with van der Waals surface area (Å²) < 4.78 is 10.9. The lowest BCUT2D eigenvalue weighted by Crippen LogP contribution is -2.46. The van der Waals surface area contributed by atoms with Gasteiger partial charge in [-0.2, -0.15) is 0 Å². The minimum atomic E-state index is -0.763. The Balaban J connectivity index is 1.70. The Labute approximate surface area is 170 Å². The van der Waals surface area contributed by atoms with Crippen molar-refractivity contribution in [2.75, 3.05) is 6.61 Å². The summed E-state index contributed by atoms with van der Waals surface area (Å²) in [5.41, 5.74) is 0.456. The summed E-state index contributed by atoms with van der Waals surface area (Å²) in [6.45, 7) is 6.19. The SMILES string of the molecule is CCOc1ccc(C(=O)N[C@H](C(=O)Oc2ccc3ccccc3c2)C(C)C)cc1. The summed E-state index contributed by atoms with van der Waals surface area (Å²) in [7, 11) is 0. The van der Waals surface area contributed by atoms with Crippen LogP contribution >= 0.6 is 0 Å². The predicted octanol–water partition coefficient (Wildman–Crippen LogP) is 4.60. The van der Waals surface area contributed by atoms with E-state index in [-0.39, 0.29) is 11.8 Å². The van der Waals surface area contributed by atoms with E-state index in [2.05, 4.69) is 5.32 Å². The van der Waals surface area contributed by atoms with Gasteiger partial charge in [-0.15, -0.1) is 0 Å². The Bertz CT molecular complexity index is 995. The largest absolute Gasteiger partial charge is 0.494 e. The van der Waals surface area contributed by atoms with E-state index >= 15 is 0 Å². The van der Waals surface area contributed by atoms with Crippen molar-refractivity contribution in [2.24, 2.45) is 5.92 Å². The molecule has 150 valence electrons. The molecule has 0 aliphatic heterocycles. The van der Waals surface area contributed by atoms with Gasteiger partial charge in [0.1, 0.15) is 17.5 Å². The van der Waals surface area contributed by atoms with Gasteiger partial charge in [0, 0.05) is 5.56 Å². The number of nitrogens with one attached hydrogen (secondary N) is 1. The van der Waals surface area contributed by atoms with E-state index in [0.29, 0.717) is 23.7 Å². The molecule has 1 atom stereocenters. The first-order valence-electron chi connectivity index (χ1n) is 9.72. The third-order valence-corrected chi connectivity index (χ3v) is 4.57. The average Bonchev–Trinajstić information content (AvgIpc) is 2.72. The first-order valence-corrected chi connectivity index (χ1v) is 9.72. The van der Waals surface area contributed by atoms with Gasteiger partial charge in [0.15, 0.2) is 0 Å². The maximum Gasteiger partial charge on any atom is 0.334 e. The molecule has 0 saturated carbocycles.